The standard InChI is InChI=1S/C24H47N3O/c1-4-5-6-7-8-9-10-11-12-13-14-15-16-17-18-19-24-26-21(2)23(20-28)27(24)22(3)25/h22,28H,4-20,25H2,1-3H3. The van der Waals surface area contributed by atoms with E-state index in [0.717, 1.165) is 30.1 Å². The number of rotatable bonds is 18. The maximum Gasteiger partial charge on any atom is 0.110 e. The molecule has 0 aromatic carbocycles. The number of aliphatic hydroxyl groups excluding tert-OH is 1. The Hall–Kier alpha value is -0.870. The molecule has 4 heteroatoms. The number of unbranched alkanes of at least 4 members (excludes halogenated alkanes) is 14. The molecule has 0 spiro atoms. The van der Waals surface area contributed by atoms with E-state index < -0.39 is 0 Å². The summed E-state index contributed by atoms with van der Waals surface area (Å²) in [4.78, 5) is 4.63. The first kappa shape index (κ1) is 25.2. The molecule has 0 saturated carbocycles. The summed E-state index contributed by atoms with van der Waals surface area (Å²) in [5.74, 6) is 1.03. The quantitative estimate of drug-likeness (QED) is 0.277. The second-order valence-electron chi connectivity index (χ2n) is 8.53. The minimum absolute atomic E-state index is 0.0131. The maximum atomic E-state index is 9.55. The van der Waals surface area contributed by atoms with Crippen molar-refractivity contribution in [3.63, 3.8) is 0 Å². The molecule has 0 aliphatic carbocycles. The van der Waals surface area contributed by atoms with E-state index in [2.05, 4.69) is 11.9 Å². The van der Waals surface area contributed by atoms with Crippen molar-refractivity contribution in [1.29, 1.82) is 0 Å². The van der Waals surface area contributed by atoms with Crippen molar-refractivity contribution in [3.8, 4) is 0 Å². The van der Waals surface area contributed by atoms with Crippen LogP contribution in [0.5, 0.6) is 0 Å². The zero-order chi connectivity index (χ0) is 20.6. The molecule has 0 aliphatic heterocycles. The van der Waals surface area contributed by atoms with Crippen molar-refractivity contribution < 1.29 is 5.11 Å². The van der Waals surface area contributed by atoms with E-state index in [1.54, 1.807) is 0 Å². The molecule has 28 heavy (non-hydrogen) atoms. The predicted octanol–water partition coefficient (Wildman–Crippen LogP) is 6.57. The molecule has 1 unspecified atom stereocenters. The van der Waals surface area contributed by atoms with Crippen molar-refractivity contribution in [3.05, 3.63) is 17.2 Å². The van der Waals surface area contributed by atoms with Gasteiger partial charge in [0, 0.05) is 6.42 Å². The van der Waals surface area contributed by atoms with E-state index in [1.165, 1.54) is 89.9 Å². The Bertz CT molecular complexity index is 496. The highest BCUT2D eigenvalue weighted by atomic mass is 16.3. The molecule has 0 aliphatic rings. The molecule has 0 fully saturated rings. The lowest BCUT2D eigenvalue weighted by molar-refractivity contribution is 0.265. The number of nitrogens with two attached hydrogens (primary N) is 1. The van der Waals surface area contributed by atoms with Crippen LogP contribution in [-0.2, 0) is 13.0 Å². The molecule has 0 bridgehead atoms. The average Bonchev–Trinajstić information content (AvgIpc) is 3.00. The van der Waals surface area contributed by atoms with Gasteiger partial charge in [0.05, 0.1) is 24.2 Å². The molecule has 0 radical (unpaired) electrons. The summed E-state index contributed by atoms with van der Waals surface area (Å²) in [5, 5.41) is 9.55. The monoisotopic (exact) mass is 393 g/mol. The van der Waals surface area contributed by atoms with Crippen LogP contribution in [0.1, 0.15) is 134 Å². The lowest BCUT2D eigenvalue weighted by Crippen LogP contribution is -2.20. The fourth-order valence-electron chi connectivity index (χ4n) is 4.14. The molecule has 0 amide bonds. The number of nitrogens with zero attached hydrogens (tertiary/aromatic N) is 2. The summed E-state index contributed by atoms with van der Waals surface area (Å²) in [6.07, 6.45) is 21.5. The van der Waals surface area contributed by atoms with Crippen LogP contribution >= 0.6 is 0 Å². The molecular weight excluding hydrogens is 346 g/mol. The summed E-state index contributed by atoms with van der Waals surface area (Å²) < 4.78 is 2.01. The maximum absolute atomic E-state index is 9.55. The number of hydrogen-bond donors (Lipinski definition) is 2. The third-order valence-electron chi connectivity index (χ3n) is 5.84. The zero-order valence-electron chi connectivity index (χ0n) is 19.0. The zero-order valence-corrected chi connectivity index (χ0v) is 19.0. The highest BCUT2D eigenvalue weighted by Crippen LogP contribution is 2.18. The van der Waals surface area contributed by atoms with Crippen LogP contribution in [0.3, 0.4) is 0 Å². The Balaban J connectivity index is 1.99. The van der Waals surface area contributed by atoms with Gasteiger partial charge in [0.15, 0.2) is 0 Å². The van der Waals surface area contributed by atoms with E-state index in [-0.39, 0.29) is 12.8 Å². The van der Waals surface area contributed by atoms with Gasteiger partial charge in [-0.25, -0.2) is 4.98 Å². The summed E-state index contributed by atoms with van der Waals surface area (Å²) in [7, 11) is 0. The van der Waals surface area contributed by atoms with Crippen LogP contribution in [0.4, 0.5) is 0 Å². The van der Waals surface area contributed by atoms with E-state index in [0.29, 0.717) is 0 Å². The van der Waals surface area contributed by atoms with E-state index in [1.807, 2.05) is 18.4 Å². The first-order valence-corrected chi connectivity index (χ1v) is 12.0. The smallest absolute Gasteiger partial charge is 0.110 e. The van der Waals surface area contributed by atoms with Crippen molar-refractivity contribution >= 4 is 0 Å². The Kier molecular flexibility index (Phi) is 14.4. The van der Waals surface area contributed by atoms with Gasteiger partial charge in [-0.3, -0.25) is 0 Å². The highest BCUT2D eigenvalue weighted by Gasteiger charge is 2.15. The molecule has 3 N–H and O–H groups in total. The second-order valence-corrected chi connectivity index (χ2v) is 8.53. The first-order valence-electron chi connectivity index (χ1n) is 12.0. The van der Waals surface area contributed by atoms with Gasteiger partial charge in [-0.1, -0.05) is 96.8 Å². The van der Waals surface area contributed by atoms with E-state index >= 15 is 0 Å². The van der Waals surface area contributed by atoms with Gasteiger partial charge in [0.1, 0.15) is 5.82 Å². The molecule has 1 atom stereocenters. The van der Waals surface area contributed by atoms with Gasteiger partial charge >= 0.3 is 0 Å². The number of hydrogen-bond acceptors (Lipinski definition) is 3. The van der Waals surface area contributed by atoms with Gasteiger partial charge in [0.2, 0.25) is 0 Å². The molecule has 1 heterocycles. The van der Waals surface area contributed by atoms with Crippen molar-refractivity contribution in [2.45, 2.75) is 136 Å². The third-order valence-corrected chi connectivity index (χ3v) is 5.84. The van der Waals surface area contributed by atoms with Gasteiger partial charge in [-0.2, -0.15) is 0 Å². The van der Waals surface area contributed by atoms with Crippen LogP contribution in [0.15, 0.2) is 0 Å². The summed E-state index contributed by atoms with van der Waals surface area (Å²) in [5.41, 5.74) is 7.85. The number of aliphatic hydroxyl groups is 1. The number of imidazole rings is 1. The van der Waals surface area contributed by atoms with Crippen LogP contribution in [-0.4, -0.2) is 14.7 Å². The molecule has 164 valence electrons. The predicted molar refractivity (Wildman–Crippen MR) is 120 cm³/mol. The second kappa shape index (κ2) is 16.0. The fourth-order valence-corrected chi connectivity index (χ4v) is 4.14. The van der Waals surface area contributed by atoms with E-state index in [9.17, 15) is 5.11 Å². The molecule has 4 nitrogen and oxygen atoms in total. The lowest BCUT2D eigenvalue weighted by Gasteiger charge is -2.14. The highest BCUT2D eigenvalue weighted by molar-refractivity contribution is 5.16. The van der Waals surface area contributed by atoms with Gasteiger partial charge in [0.25, 0.3) is 0 Å². The summed E-state index contributed by atoms with van der Waals surface area (Å²) >= 11 is 0. The Morgan fingerprint density at radius 1 is 0.821 bits per heavy atom. The van der Waals surface area contributed by atoms with Crippen LogP contribution in [0.2, 0.25) is 0 Å². The largest absolute Gasteiger partial charge is 0.390 e. The van der Waals surface area contributed by atoms with Crippen molar-refractivity contribution in [2.75, 3.05) is 0 Å². The Morgan fingerprint density at radius 2 is 1.25 bits per heavy atom. The Morgan fingerprint density at radius 3 is 1.64 bits per heavy atom. The topological polar surface area (TPSA) is 64.1 Å². The fraction of sp³-hybridized carbons (Fsp3) is 0.875. The summed E-state index contributed by atoms with van der Waals surface area (Å²) in [6, 6.07) is 0. The van der Waals surface area contributed by atoms with Crippen LogP contribution in [0.25, 0.3) is 0 Å². The molecule has 1 aromatic rings. The van der Waals surface area contributed by atoms with Crippen LogP contribution < -0.4 is 5.73 Å². The van der Waals surface area contributed by atoms with Crippen molar-refractivity contribution in [2.24, 2.45) is 5.73 Å². The van der Waals surface area contributed by atoms with Gasteiger partial charge in [-0.05, 0) is 20.3 Å². The number of aromatic nitrogens is 2. The molecular formula is C24H47N3O. The number of aryl methyl sites for hydroxylation is 2. The summed E-state index contributed by atoms with van der Waals surface area (Å²) in [6.45, 7) is 6.21. The average molecular weight is 394 g/mol. The van der Waals surface area contributed by atoms with Crippen LogP contribution in [0, 0.1) is 6.92 Å². The van der Waals surface area contributed by atoms with E-state index in [4.69, 9.17) is 5.73 Å². The van der Waals surface area contributed by atoms with Gasteiger partial charge < -0.3 is 15.4 Å². The minimum atomic E-state index is -0.130. The van der Waals surface area contributed by atoms with Crippen molar-refractivity contribution in [1.82, 2.24) is 9.55 Å². The Labute approximate surface area is 174 Å². The normalized spacial score (nSPS) is 12.6. The minimum Gasteiger partial charge on any atom is -0.390 e. The molecule has 1 rings (SSSR count). The third kappa shape index (κ3) is 10.1. The molecule has 0 saturated heterocycles. The SMILES string of the molecule is CCCCCCCCCCCCCCCCCc1nc(C)c(CO)n1C(C)N. The lowest BCUT2D eigenvalue weighted by atomic mass is 10.0. The molecule has 1 aromatic heterocycles. The first-order chi connectivity index (χ1) is 13.6. The van der Waals surface area contributed by atoms with Gasteiger partial charge in [-0.15, -0.1) is 0 Å².